The lowest BCUT2D eigenvalue weighted by Gasteiger charge is -2.25. The minimum Gasteiger partial charge on any atom is -0.490 e. The number of primary sulfonamides is 1. The van der Waals surface area contributed by atoms with Crippen LogP contribution in [0.2, 0.25) is 0 Å². The van der Waals surface area contributed by atoms with Crippen LogP contribution in [0.15, 0.2) is 52.3 Å². The molecule has 1 unspecified atom stereocenters. The van der Waals surface area contributed by atoms with Crippen LogP contribution in [0.25, 0.3) is 0 Å². The number of rotatable bonds is 5. The molecule has 8 nitrogen and oxygen atoms in total. The first-order valence-electron chi connectivity index (χ1n) is 8.61. The van der Waals surface area contributed by atoms with Crippen LogP contribution in [0.3, 0.4) is 0 Å². The Morgan fingerprint density at radius 1 is 0.929 bits per heavy atom. The molecular weight excluding hydrogens is 404 g/mol. The van der Waals surface area contributed by atoms with Gasteiger partial charge < -0.3 is 9.47 Å². The van der Waals surface area contributed by atoms with Gasteiger partial charge in [-0.1, -0.05) is 12.1 Å². The lowest BCUT2D eigenvalue weighted by molar-refractivity contribution is 0.296. The van der Waals surface area contributed by atoms with Crippen LogP contribution in [0, 0.1) is 0 Å². The molecule has 10 heteroatoms. The van der Waals surface area contributed by atoms with Crippen molar-refractivity contribution in [2.45, 2.75) is 29.2 Å². The Morgan fingerprint density at radius 2 is 1.50 bits per heavy atom. The lowest BCUT2D eigenvalue weighted by atomic mass is 10.1. The van der Waals surface area contributed by atoms with E-state index in [1.807, 2.05) is 0 Å². The quantitative estimate of drug-likeness (QED) is 0.780. The smallest absolute Gasteiger partial charge is 0.243 e. The van der Waals surface area contributed by atoms with Crippen molar-refractivity contribution in [1.82, 2.24) is 4.31 Å². The first-order valence-corrected chi connectivity index (χ1v) is 11.6. The molecule has 2 aromatic rings. The third-order valence-corrected chi connectivity index (χ3v) is 7.49. The van der Waals surface area contributed by atoms with Gasteiger partial charge in [0, 0.05) is 25.6 Å². The molecule has 1 aliphatic rings. The summed E-state index contributed by atoms with van der Waals surface area (Å²) in [5, 5.41) is 5.10. The summed E-state index contributed by atoms with van der Waals surface area (Å²) in [4.78, 5) is 0.0594. The van der Waals surface area contributed by atoms with Crippen LogP contribution >= 0.6 is 0 Å². The minimum atomic E-state index is -3.82. The molecule has 2 N–H and O–H groups in total. The van der Waals surface area contributed by atoms with Crippen molar-refractivity contribution in [2.24, 2.45) is 5.14 Å². The molecule has 0 fully saturated rings. The van der Waals surface area contributed by atoms with Gasteiger partial charge in [0.05, 0.1) is 23.0 Å². The van der Waals surface area contributed by atoms with Crippen molar-refractivity contribution in [1.29, 1.82) is 0 Å². The number of fused-ring (bicyclic) bond motifs is 1. The van der Waals surface area contributed by atoms with Crippen molar-refractivity contribution in [2.75, 3.05) is 20.3 Å². The van der Waals surface area contributed by atoms with Gasteiger partial charge in [-0.05, 0) is 36.8 Å². The summed E-state index contributed by atoms with van der Waals surface area (Å²) in [5.41, 5.74) is 0.632. The zero-order chi connectivity index (χ0) is 20.5. The van der Waals surface area contributed by atoms with Gasteiger partial charge in [0.1, 0.15) is 0 Å². The summed E-state index contributed by atoms with van der Waals surface area (Å²) in [7, 11) is -6.15. The van der Waals surface area contributed by atoms with Crippen molar-refractivity contribution in [3.63, 3.8) is 0 Å². The van der Waals surface area contributed by atoms with E-state index in [0.29, 0.717) is 30.3 Å². The molecule has 1 atom stereocenters. The normalized spacial score (nSPS) is 15.9. The second-order valence-electron chi connectivity index (χ2n) is 6.47. The molecule has 0 amide bonds. The van der Waals surface area contributed by atoms with E-state index >= 15 is 0 Å². The molecule has 0 bridgehead atoms. The predicted molar refractivity (Wildman–Crippen MR) is 103 cm³/mol. The van der Waals surface area contributed by atoms with Gasteiger partial charge in [0.15, 0.2) is 11.5 Å². The van der Waals surface area contributed by atoms with E-state index in [9.17, 15) is 16.8 Å². The highest BCUT2D eigenvalue weighted by Gasteiger charge is 2.28. The topological polar surface area (TPSA) is 116 Å². The Labute approximate surface area is 165 Å². The van der Waals surface area contributed by atoms with Crippen LogP contribution in [-0.4, -0.2) is 41.4 Å². The molecule has 28 heavy (non-hydrogen) atoms. The molecule has 152 valence electrons. The zero-order valence-electron chi connectivity index (χ0n) is 15.5. The van der Waals surface area contributed by atoms with Crippen LogP contribution in [0.5, 0.6) is 11.5 Å². The average molecular weight is 427 g/mol. The van der Waals surface area contributed by atoms with Crippen molar-refractivity contribution in [3.05, 3.63) is 48.0 Å². The number of hydrogen-bond donors (Lipinski definition) is 1. The van der Waals surface area contributed by atoms with E-state index in [4.69, 9.17) is 14.6 Å². The Hall–Kier alpha value is -2.14. The van der Waals surface area contributed by atoms with Gasteiger partial charge in [-0.3, -0.25) is 0 Å². The molecule has 0 aliphatic carbocycles. The molecule has 3 rings (SSSR count). The van der Waals surface area contributed by atoms with Crippen molar-refractivity contribution in [3.8, 4) is 11.5 Å². The van der Waals surface area contributed by atoms with E-state index in [1.54, 1.807) is 25.1 Å². The Morgan fingerprint density at radius 3 is 2.11 bits per heavy atom. The van der Waals surface area contributed by atoms with E-state index in [0.717, 1.165) is 6.42 Å². The molecule has 0 saturated carbocycles. The Bertz CT molecular complexity index is 1070. The number of nitrogens with zero attached hydrogens (tertiary/aromatic N) is 1. The molecule has 0 spiro atoms. The second kappa shape index (κ2) is 7.70. The predicted octanol–water partition coefficient (Wildman–Crippen LogP) is 1.88. The summed E-state index contributed by atoms with van der Waals surface area (Å²) in [5.74, 6) is 0.919. The van der Waals surface area contributed by atoms with Gasteiger partial charge >= 0.3 is 0 Å². The van der Waals surface area contributed by atoms with Gasteiger partial charge in [-0.15, -0.1) is 0 Å². The second-order valence-corrected chi connectivity index (χ2v) is 10.0. The highest BCUT2D eigenvalue weighted by Crippen LogP contribution is 2.34. The third-order valence-electron chi connectivity index (χ3n) is 4.63. The molecule has 2 aromatic carbocycles. The maximum Gasteiger partial charge on any atom is 0.243 e. The third kappa shape index (κ3) is 4.14. The molecule has 1 aliphatic heterocycles. The summed E-state index contributed by atoms with van der Waals surface area (Å²) >= 11 is 0. The summed E-state index contributed by atoms with van der Waals surface area (Å²) in [6.07, 6.45) is 0.724. The fourth-order valence-corrected chi connectivity index (χ4v) is 4.71. The van der Waals surface area contributed by atoms with E-state index in [2.05, 4.69) is 0 Å². The van der Waals surface area contributed by atoms with Gasteiger partial charge in [0.25, 0.3) is 0 Å². The van der Waals surface area contributed by atoms with Crippen LogP contribution < -0.4 is 14.6 Å². The standard InChI is InChI=1S/C18H22N2O6S2/c1-13(14-4-6-15(7-5-14)27(19,21)22)20(2)28(23,24)16-8-9-17-18(12-16)26-11-3-10-25-17/h4-9,12-13H,3,10-11H2,1-2H3,(H2,19,21,22). The molecule has 0 aromatic heterocycles. The number of nitrogens with two attached hydrogens (primary N) is 1. The Kier molecular flexibility index (Phi) is 5.67. The molecule has 0 radical (unpaired) electrons. The van der Waals surface area contributed by atoms with Gasteiger partial charge in [0.2, 0.25) is 20.0 Å². The van der Waals surface area contributed by atoms with E-state index in [1.165, 1.54) is 35.6 Å². The maximum atomic E-state index is 13.1. The maximum absolute atomic E-state index is 13.1. The summed E-state index contributed by atoms with van der Waals surface area (Å²) in [6.45, 7) is 2.69. The average Bonchev–Trinajstić information content (AvgIpc) is 2.91. The van der Waals surface area contributed by atoms with Crippen LogP contribution in [0.1, 0.15) is 24.9 Å². The monoisotopic (exact) mass is 426 g/mol. The fraction of sp³-hybridized carbons (Fsp3) is 0.333. The molecule has 1 heterocycles. The lowest BCUT2D eigenvalue weighted by Crippen LogP contribution is -2.30. The first kappa shape index (κ1) is 20.6. The van der Waals surface area contributed by atoms with Gasteiger partial charge in [-0.25, -0.2) is 22.0 Å². The van der Waals surface area contributed by atoms with Crippen LogP contribution in [-0.2, 0) is 20.0 Å². The van der Waals surface area contributed by atoms with Crippen molar-refractivity contribution < 1.29 is 26.3 Å². The van der Waals surface area contributed by atoms with E-state index in [-0.39, 0.29) is 9.79 Å². The zero-order valence-corrected chi connectivity index (χ0v) is 17.2. The SMILES string of the molecule is CC(c1ccc(S(N)(=O)=O)cc1)N(C)S(=O)(=O)c1ccc2c(c1)OCCCO2. The summed E-state index contributed by atoms with van der Waals surface area (Å²) < 4.78 is 61.2. The number of ether oxygens (including phenoxy) is 2. The van der Waals surface area contributed by atoms with Crippen LogP contribution in [0.4, 0.5) is 0 Å². The number of sulfonamides is 2. The number of hydrogen-bond acceptors (Lipinski definition) is 6. The molecule has 0 saturated heterocycles. The highest BCUT2D eigenvalue weighted by atomic mass is 32.2. The highest BCUT2D eigenvalue weighted by molar-refractivity contribution is 7.89. The van der Waals surface area contributed by atoms with Crippen molar-refractivity contribution >= 4 is 20.0 Å². The number of benzene rings is 2. The minimum absolute atomic E-state index is 0.0307. The summed E-state index contributed by atoms with van der Waals surface area (Å²) in [6, 6.07) is 9.81. The fourth-order valence-electron chi connectivity index (χ4n) is 2.82. The van der Waals surface area contributed by atoms with E-state index < -0.39 is 26.1 Å². The Balaban J connectivity index is 1.88. The molecular formula is C18H22N2O6S2. The largest absolute Gasteiger partial charge is 0.490 e. The van der Waals surface area contributed by atoms with Gasteiger partial charge in [-0.2, -0.15) is 4.31 Å². The first-order chi connectivity index (χ1) is 13.1.